The highest BCUT2D eigenvalue weighted by molar-refractivity contribution is 9.10. The minimum atomic E-state index is -0.692. The second-order valence-corrected chi connectivity index (χ2v) is 5.16. The van der Waals surface area contributed by atoms with Crippen molar-refractivity contribution in [2.75, 3.05) is 12.4 Å². The van der Waals surface area contributed by atoms with Gasteiger partial charge in [-0.2, -0.15) is 0 Å². The highest BCUT2D eigenvalue weighted by atomic mass is 79.9. The number of amides is 1. The van der Waals surface area contributed by atoms with E-state index >= 15 is 0 Å². The molecule has 3 N–H and O–H groups in total. The molecule has 1 aromatic carbocycles. The van der Waals surface area contributed by atoms with Crippen LogP contribution < -0.4 is 15.8 Å². The van der Waals surface area contributed by atoms with Gasteiger partial charge in [0.15, 0.2) is 0 Å². The van der Waals surface area contributed by atoms with Crippen LogP contribution in [0.25, 0.3) is 0 Å². The van der Waals surface area contributed by atoms with Gasteiger partial charge in [0, 0.05) is 10.5 Å². The number of rotatable bonds is 3. The summed E-state index contributed by atoms with van der Waals surface area (Å²) in [6.45, 7) is 0. The average Bonchev–Trinajstić information content (AvgIpc) is 2.28. The number of carbonyl (C=O) groups excluding carboxylic acids is 1. The molecule has 1 aliphatic rings. The largest absolute Gasteiger partial charge is 0.497 e. The fraction of sp³-hybridized carbons (Fsp3) is 0.417. The summed E-state index contributed by atoms with van der Waals surface area (Å²) in [6, 6.07) is 5.42. The molecule has 0 aromatic heterocycles. The third kappa shape index (κ3) is 2.45. The van der Waals surface area contributed by atoms with Gasteiger partial charge < -0.3 is 15.8 Å². The Bertz CT molecular complexity index is 444. The van der Waals surface area contributed by atoms with E-state index in [-0.39, 0.29) is 5.91 Å². The molecule has 2 rings (SSSR count). The first kappa shape index (κ1) is 12.4. The summed E-state index contributed by atoms with van der Waals surface area (Å²) < 4.78 is 5.93. The molecule has 0 unspecified atom stereocenters. The number of carbonyl (C=O) groups is 1. The summed E-state index contributed by atoms with van der Waals surface area (Å²) in [7, 11) is 1.59. The normalized spacial score (nSPS) is 17.1. The Labute approximate surface area is 109 Å². The van der Waals surface area contributed by atoms with Crippen molar-refractivity contribution in [1.82, 2.24) is 0 Å². The fourth-order valence-electron chi connectivity index (χ4n) is 1.76. The van der Waals surface area contributed by atoms with Gasteiger partial charge in [-0.15, -0.1) is 0 Å². The van der Waals surface area contributed by atoms with Crippen molar-refractivity contribution in [2.45, 2.75) is 24.8 Å². The van der Waals surface area contributed by atoms with Gasteiger partial charge in [-0.3, -0.25) is 4.79 Å². The second kappa shape index (κ2) is 4.66. The minimum Gasteiger partial charge on any atom is -0.497 e. The van der Waals surface area contributed by atoms with Crippen LogP contribution in [0.5, 0.6) is 5.75 Å². The Balaban J connectivity index is 2.15. The number of hydrogen-bond acceptors (Lipinski definition) is 3. The van der Waals surface area contributed by atoms with Crippen LogP contribution in [-0.4, -0.2) is 18.6 Å². The number of ether oxygens (including phenoxy) is 1. The van der Waals surface area contributed by atoms with Crippen LogP contribution in [0.4, 0.5) is 5.69 Å². The number of methoxy groups -OCH3 is 1. The molecule has 0 spiro atoms. The van der Waals surface area contributed by atoms with Crippen LogP contribution in [0.2, 0.25) is 0 Å². The van der Waals surface area contributed by atoms with Crippen molar-refractivity contribution in [3.8, 4) is 5.75 Å². The second-order valence-electron chi connectivity index (χ2n) is 4.31. The lowest BCUT2D eigenvalue weighted by Crippen LogP contribution is -2.56. The average molecular weight is 299 g/mol. The summed E-state index contributed by atoms with van der Waals surface area (Å²) in [5.41, 5.74) is 5.95. The van der Waals surface area contributed by atoms with E-state index in [1.54, 1.807) is 13.2 Å². The summed E-state index contributed by atoms with van der Waals surface area (Å²) in [5.74, 6) is 0.570. The first-order valence-electron chi connectivity index (χ1n) is 5.49. The number of benzene rings is 1. The quantitative estimate of drug-likeness (QED) is 0.900. The molecule has 0 aliphatic heterocycles. The van der Waals surface area contributed by atoms with Crippen molar-refractivity contribution >= 4 is 27.5 Å². The lowest BCUT2D eigenvalue weighted by molar-refractivity contribution is -0.123. The van der Waals surface area contributed by atoms with Gasteiger partial charge in [0.2, 0.25) is 5.91 Å². The molecular weight excluding hydrogens is 284 g/mol. The minimum absolute atomic E-state index is 0.127. The Kier molecular flexibility index (Phi) is 3.40. The number of halogens is 1. The van der Waals surface area contributed by atoms with E-state index in [4.69, 9.17) is 10.5 Å². The Morgan fingerprint density at radius 1 is 1.53 bits per heavy atom. The SMILES string of the molecule is COc1ccc(Br)c(NC(=O)C2(N)CCC2)c1. The topological polar surface area (TPSA) is 64.3 Å². The first-order chi connectivity index (χ1) is 8.05. The standard InChI is InChI=1S/C12H15BrN2O2/c1-17-8-3-4-9(13)10(7-8)15-11(16)12(14)5-2-6-12/h3-4,7H,2,5-6,14H2,1H3,(H,15,16). The van der Waals surface area contributed by atoms with Gasteiger partial charge in [0.25, 0.3) is 0 Å². The molecule has 1 aromatic rings. The van der Waals surface area contributed by atoms with Crippen molar-refractivity contribution in [2.24, 2.45) is 5.73 Å². The monoisotopic (exact) mass is 298 g/mol. The molecule has 17 heavy (non-hydrogen) atoms. The van der Waals surface area contributed by atoms with E-state index in [1.165, 1.54) is 0 Å². The van der Waals surface area contributed by atoms with Gasteiger partial charge in [-0.1, -0.05) is 0 Å². The number of hydrogen-bond donors (Lipinski definition) is 2. The van der Waals surface area contributed by atoms with E-state index in [0.29, 0.717) is 11.4 Å². The van der Waals surface area contributed by atoms with E-state index < -0.39 is 5.54 Å². The zero-order valence-corrected chi connectivity index (χ0v) is 11.2. The number of nitrogens with two attached hydrogens (primary N) is 1. The molecule has 0 heterocycles. The maximum Gasteiger partial charge on any atom is 0.244 e. The predicted octanol–water partition coefficient (Wildman–Crippen LogP) is 2.28. The maximum atomic E-state index is 12.0. The van der Waals surface area contributed by atoms with E-state index in [0.717, 1.165) is 23.7 Å². The molecule has 0 radical (unpaired) electrons. The molecule has 5 heteroatoms. The van der Waals surface area contributed by atoms with Crippen LogP contribution in [0.1, 0.15) is 19.3 Å². The van der Waals surface area contributed by atoms with Crippen molar-refractivity contribution in [1.29, 1.82) is 0 Å². The van der Waals surface area contributed by atoms with E-state index in [2.05, 4.69) is 21.2 Å². The van der Waals surface area contributed by atoms with Gasteiger partial charge in [0.05, 0.1) is 18.3 Å². The smallest absolute Gasteiger partial charge is 0.244 e. The Hall–Kier alpha value is -1.07. The van der Waals surface area contributed by atoms with Crippen molar-refractivity contribution < 1.29 is 9.53 Å². The van der Waals surface area contributed by atoms with Crippen LogP contribution in [-0.2, 0) is 4.79 Å². The molecule has 92 valence electrons. The molecule has 1 fully saturated rings. The number of anilines is 1. The molecule has 4 nitrogen and oxygen atoms in total. The summed E-state index contributed by atoms with van der Waals surface area (Å²) in [6.07, 6.45) is 2.52. The Morgan fingerprint density at radius 2 is 2.24 bits per heavy atom. The van der Waals surface area contributed by atoms with Gasteiger partial charge >= 0.3 is 0 Å². The zero-order valence-electron chi connectivity index (χ0n) is 9.63. The molecule has 1 aliphatic carbocycles. The molecule has 1 saturated carbocycles. The molecular formula is C12H15BrN2O2. The molecule has 0 saturated heterocycles. The summed E-state index contributed by atoms with van der Waals surface area (Å²) in [5, 5.41) is 2.84. The maximum absolute atomic E-state index is 12.0. The van der Waals surface area contributed by atoms with Crippen LogP contribution in [0, 0.1) is 0 Å². The van der Waals surface area contributed by atoms with E-state index in [9.17, 15) is 4.79 Å². The first-order valence-corrected chi connectivity index (χ1v) is 6.28. The van der Waals surface area contributed by atoms with Crippen molar-refractivity contribution in [3.63, 3.8) is 0 Å². The molecule has 1 amide bonds. The lowest BCUT2D eigenvalue weighted by atomic mass is 9.77. The predicted molar refractivity (Wildman–Crippen MR) is 70.1 cm³/mol. The van der Waals surface area contributed by atoms with Crippen molar-refractivity contribution in [3.05, 3.63) is 22.7 Å². The summed E-state index contributed by atoms with van der Waals surface area (Å²) in [4.78, 5) is 12.0. The van der Waals surface area contributed by atoms with Crippen LogP contribution in [0.15, 0.2) is 22.7 Å². The highest BCUT2D eigenvalue weighted by Gasteiger charge is 2.40. The van der Waals surface area contributed by atoms with Crippen LogP contribution in [0.3, 0.4) is 0 Å². The van der Waals surface area contributed by atoms with E-state index in [1.807, 2.05) is 12.1 Å². The Morgan fingerprint density at radius 3 is 2.76 bits per heavy atom. The molecule has 0 atom stereocenters. The van der Waals surface area contributed by atoms with Gasteiger partial charge in [0.1, 0.15) is 5.75 Å². The summed E-state index contributed by atoms with van der Waals surface area (Å²) >= 11 is 3.38. The zero-order chi connectivity index (χ0) is 12.5. The van der Waals surface area contributed by atoms with Gasteiger partial charge in [-0.05, 0) is 47.3 Å². The number of nitrogens with one attached hydrogen (secondary N) is 1. The lowest BCUT2D eigenvalue weighted by Gasteiger charge is -2.36. The highest BCUT2D eigenvalue weighted by Crippen LogP contribution is 2.32. The van der Waals surface area contributed by atoms with Gasteiger partial charge in [-0.25, -0.2) is 0 Å². The fourth-order valence-corrected chi connectivity index (χ4v) is 2.10. The third-order valence-corrected chi connectivity index (χ3v) is 3.81. The molecule has 0 bridgehead atoms. The van der Waals surface area contributed by atoms with Crippen LogP contribution >= 0.6 is 15.9 Å². The third-order valence-electron chi connectivity index (χ3n) is 3.12.